The van der Waals surface area contributed by atoms with Crippen LogP contribution in [-0.4, -0.2) is 21.0 Å². The second-order valence-corrected chi connectivity index (χ2v) is 6.77. The molecule has 1 aliphatic carbocycles. The molecular weight excluding hydrogens is 344 g/mol. The average molecular weight is 364 g/mol. The molecule has 3 heterocycles. The summed E-state index contributed by atoms with van der Waals surface area (Å²) in [6, 6.07) is 3.58. The van der Waals surface area contributed by atoms with Gasteiger partial charge in [0.15, 0.2) is 0 Å². The number of nitrogens with zero attached hydrogens (tertiary/aromatic N) is 2. The topological polar surface area (TPSA) is 101 Å². The average Bonchev–Trinajstić information content (AvgIpc) is 3.12. The van der Waals surface area contributed by atoms with Crippen LogP contribution >= 0.6 is 0 Å². The number of carbonyl (C=O) groups is 1. The number of carbonyl (C=O) groups excluding carboxylic acids is 1. The number of hydrogen-bond acceptors (Lipinski definition) is 5. The largest absolute Gasteiger partial charge is 0.361 e. The first-order valence-corrected chi connectivity index (χ1v) is 9.01. The Morgan fingerprint density at radius 3 is 2.81 bits per heavy atom. The molecule has 0 aliphatic heterocycles. The van der Waals surface area contributed by atoms with Crippen molar-refractivity contribution in [3.05, 3.63) is 69.2 Å². The molecule has 0 radical (unpaired) electrons. The monoisotopic (exact) mass is 364 g/mol. The molecule has 0 bridgehead atoms. The van der Waals surface area contributed by atoms with Crippen LogP contribution in [0.2, 0.25) is 0 Å². The van der Waals surface area contributed by atoms with Crippen molar-refractivity contribution in [2.75, 3.05) is 0 Å². The van der Waals surface area contributed by atoms with Gasteiger partial charge in [0.05, 0.1) is 12.1 Å². The van der Waals surface area contributed by atoms with Gasteiger partial charge in [-0.2, -0.15) is 0 Å². The maximum Gasteiger partial charge on any atom is 0.253 e. The van der Waals surface area contributed by atoms with Crippen molar-refractivity contribution in [2.45, 2.75) is 39.2 Å². The van der Waals surface area contributed by atoms with Crippen LogP contribution in [0.25, 0.3) is 11.1 Å². The van der Waals surface area contributed by atoms with E-state index >= 15 is 0 Å². The van der Waals surface area contributed by atoms with Crippen LogP contribution in [-0.2, 0) is 19.4 Å². The third-order valence-electron chi connectivity index (χ3n) is 4.83. The molecule has 4 rings (SSSR count). The number of fused-ring (bicyclic) bond motifs is 1. The highest BCUT2D eigenvalue weighted by atomic mass is 16.5. The van der Waals surface area contributed by atoms with Crippen LogP contribution in [0.1, 0.15) is 45.8 Å². The number of pyridine rings is 2. The normalized spacial score (nSPS) is 13.2. The van der Waals surface area contributed by atoms with Gasteiger partial charge in [0.1, 0.15) is 11.5 Å². The third-order valence-corrected chi connectivity index (χ3v) is 4.83. The Morgan fingerprint density at radius 1 is 1.22 bits per heavy atom. The molecule has 1 aliphatic rings. The minimum absolute atomic E-state index is 0.0155. The van der Waals surface area contributed by atoms with E-state index in [2.05, 4.69) is 20.4 Å². The lowest BCUT2D eigenvalue weighted by Crippen LogP contribution is -2.23. The lowest BCUT2D eigenvalue weighted by molar-refractivity contribution is 0.0949. The van der Waals surface area contributed by atoms with Gasteiger partial charge in [-0.25, -0.2) is 0 Å². The van der Waals surface area contributed by atoms with Crippen molar-refractivity contribution in [1.82, 2.24) is 20.4 Å². The molecule has 0 saturated carbocycles. The Kier molecular flexibility index (Phi) is 4.58. The highest BCUT2D eigenvalue weighted by Gasteiger charge is 2.18. The first-order valence-electron chi connectivity index (χ1n) is 9.01. The second-order valence-electron chi connectivity index (χ2n) is 6.77. The van der Waals surface area contributed by atoms with Crippen LogP contribution in [0.4, 0.5) is 0 Å². The molecule has 3 aromatic rings. The van der Waals surface area contributed by atoms with E-state index in [0.29, 0.717) is 17.0 Å². The smallest absolute Gasteiger partial charge is 0.253 e. The first-order chi connectivity index (χ1) is 13.1. The van der Waals surface area contributed by atoms with Gasteiger partial charge in [-0.1, -0.05) is 5.16 Å². The van der Waals surface area contributed by atoms with Gasteiger partial charge in [0.25, 0.3) is 11.5 Å². The molecule has 7 nitrogen and oxygen atoms in total. The molecule has 0 spiro atoms. The molecule has 0 aromatic carbocycles. The number of rotatable bonds is 4. The summed E-state index contributed by atoms with van der Waals surface area (Å²) < 4.78 is 5.00. The van der Waals surface area contributed by atoms with Crippen molar-refractivity contribution >= 4 is 5.91 Å². The number of hydrogen-bond donors (Lipinski definition) is 2. The second kappa shape index (κ2) is 7.19. The molecule has 3 aromatic heterocycles. The van der Waals surface area contributed by atoms with Crippen molar-refractivity contribution in [2.24, 2.45) is 0 Å². The Hall–Kier alpha value is -3.22. The van der Waals surface area contributed by atoms with Crippen molar-refractivity contribution in [3.63, 3.8) is 0 Å². The maximum absolute atomic E-state index is 12.5. The van der Waals surface area contributed by atoms with Gasteiger partial charge in [-0.05, 0) is 44.2 Å². The Labute approximate surface area is 155 Å². The van der Waals surface area contributed by atoms with E-state index in [1.54, 1.807) is 31.5 Å². The van der Waals surface area contributed by atoms with Gasteiger partial charge >= 0.3 is 0 Å². The van der Waals surface area contributed by atoms with Crippen molar-refractivity contribution in [3.8, 4) is 11.1 Å². The maximum atomic E-state index is 12.5. The summed E-state index contributed by atoms with van der Waals surface area (Å²) in [5.74, 6) is 0.467. The standard InChI is InChI=1S/C20H20N4O3/c1-12-6-15(24-27-12)10-22-19(25)14-7-13(8-21-9-14)18-11-23-20(26)17-5-3-2-4-16(17)18/h6-9,11H,2-5,10H2,1H3,(H,22,25)(H,23,26). The zero-order chi connectivity index (χ0) is 18.8. The minimum atomic E-state index is -0.233. The van der Waals surface area contributed by atoms with Crippen LogP contribution in [0.15, 0.2) is 40.0 Å². The van der Waals surface area contributed by atoms with E-state index in [9.17, 15) is 9.59 Å². The van der Waals surface area contributed by atoms with Crippen molar-refractivity contribution in [1.29, 1.82) is 0 Å². The van der Waals surface area contributed by atoms with Gasteiger partial charge < -0.3 is 14.8 Å². The van der Waals surface area contributed by atoms with Crippen LogP contribution in [0, 0.1) is 6.92 Å². The summed E-state index contributed by atoms with van der Waals surface area (Å²) in [6.07, 6.45) is 8.74. The van der Waals surface area contributed by atoms with Crippen LogP contribution in [0.3, 0.4) is 0 Å². The number of aromatic nitrogens is 3. The summed E-state index contributed by atoms with van der Waals surface area (Å²) >= 11 is 0. The van der Waals surface area contributed by atoms with E-state index in [1.807, 2.05) is 0 Å². The quantitative estimate of drug-likeness (QED) is 0.741. The zero-order valence-electron chi connectivity index (χ0n) is 15.0. The fourth-order valence-electron chi connectivity index (χ4n) is 3.51. The number of H-pyrrole nitrogens is 1. The molecule has 2 N–H and O–H groups in total. The predicted octanol–water partition coefficient (Wildman–Crippen LogP) is 2.54. The van der Waals surface area contributed by atoms with E-state index in [4.69, 9.17) is 4.52 Å². The Bertz CT molecular complexity index is 1050. The number of aromatic amines is 1. The van der Waals surface area contributed by atoms with Gasteiger partial charge in [-0.3, -0.25) is 14.6 Å². The fourth-order valence-corrected chi connectivity index (χ4v) is 3.51. The first kappa shape index (κ1) is 17.2. The molecule has 0 unspecified atom stereocenters. The highest BCUT2D eigenvalue weighted by Crippen LogP contribution is 2.29. The summed E-state index contributed by atoms with van der Waals surface area (Å²) in [5, 5.41) is 6.68. The van der Waals surface area contributed by atoms with Gasteiger partial charge in [-0.15, -0.1) is 0 Å². The number of nitrogens with one attached hydrogen (secondary N) is 2. The molecule has 0 atom stereocenters. The summed E-state index contributed by atoms with van der Waals surface area (Å²) in [7, 11) is 0. The predicted molar refractivity (Wildman–Crippen MR) is 99.3 cm³/mol. The third kappa shape index (κ3) is 3.53. The fraction of sp³-hybridized carbons (Fsp3) is 0.300. The SMILES string of the molecule is Cc1cc(CNC(=O)c2cncc(-c3c[nH]c(=O)c4c3CCCC4)c2)no1. The summed E-state index contributed by atoms with van der Waals surface area (Å²) in [5.41, 5.74) is 4.81. The summed E-state index contributed by atoms with van der Waals surface area (Å²) in [4.78, 5) is 31.6. The Balaban J connectivity index is 1.59. The van der Waals surface area contributed by atoms with Crippen LogP contribution in [0.5, 0.6) is 0 Å². The molecular formula is C20H20N4O3. The van der Waals surface area contributed by atoms with E-state index in [-0.39, 0.29) is 18.0 Å². The van der Waals surface area contributed by atoms with E-state index in [1.165, 1.54) is 6.20 Å². The van der Waals surface area contributed by atoms with Crippen molar-refractivity contribution < 1.29 is 9.32 Å². The van der Waals surface area contributed by atoms with Gasteiger partial charge in [0.2, 0.25) is 0 Å². The molecule has 0 fully saturated rings. The molecule has 7 heteroatoms. The molecule has 138 valence electrons. The van der Waals surface area contributed by atoms with E-state index in [0.717, 1.165) is 47.9 Å². The summed E-state index contributed by atoms with van der Waals surface area (Å²) in [6.45, 7) is 2.09. The molecule has 0 saturated heterocycles. The number of aryl methyl sites for hydroxylation is 1. The zero-order valence-corrected chi connectivity index (χ0v) is 15.0. The molecule has 27 heavy (non-hydrogen) atoms. The van der Waals surface area contributed by atoms with Gasteiger partial charge in [0, 0.05) is 41.3 Å². The number of amides is 1. The lowest BCUT2D eigenvalue weighted by atomic mass is 9.88. The minimum Gasteiger partial charge on any atom is -0.361 e. The Morgan fingerprint density at radius 2 is 2.04 bits per heavy atom. The van der Waals surface area contributed by atoms with Crippen LogP contribution < -0.4 is 10.9 Å². The lowest BCUT2D eigenvalue weighted by Gasteiger charge is -2.18. The highest BCUT2D eigenvalue weighted by molar-refractivity contribution is 5.95. The molecule has 1 amide bonds. The van der Waals surface area contributed by atoms with E-state index < -0.39 is 0 Å².